The average molecular weight is 198 g/mol. The Morgan fingerprint density at radius 1 is 1.38 bits per heavy atom. The predicted octanol–water partition coefficient (Wildman–Crippen LogP) is 1.06. The predicted molar refractivity (Wildman–Crippen MR) is 49.9 cm³/mol. The minimum Gasteiger partial charge on any atom is -0.494 e. The molecule has 1 aliphatic heterocycles. The molecule has 0 atom stereocenters. The summed E-state index contributed by atoms with van der Waals surface area (Å²) in [5.41, 5.74) is 1.02. The lowest BCUT2D eigenvalue weighted by Gasteiger charge is -2.21. The van der Waals surface area contributed by atoms with Crippen molar-refractivity contribution in [3.05, 3.63) is 23.5 Å². The Labute approximate surface area is 78.2 Å². The lowest BCUT2D eigenvalue weighted by atomic mass is 9.99. The zero-order valence-corrected chi connectivity index (χ0v) is 7.93. The lowest BCUT2D eigenvalue weighted by Crippen LogP contribution is -2.12. The molecule has 2 aliphatic rings. The van der Waals surface area contributed by atoms with Crippen LogP contribution in [-0.2, 0) is 15.0 Å². The third-order valence-corrected chi connectivity index (χ3v) is 2.92. The first kappa shape index (κ1) is 8.56. The van der Waals surface area contributed by atoms with Gasteiger partial charge < -0.3 is 4.74 Å². The van der Waals surface area contributed by atoms with E-state index in [2.05, 4.69) is 0 Å². The number of ether oxygens (including phenoxy) is 1. The van der Waals surface area contributed by atoms with Crippen LogP contribution in [0, 0.1) is 0 Å². The first-order valence-electron chi connectivity index (χ1n) is 4.26. The Morgan fingerprint density at radius 2 is 2.23 bits per heavy atom. The smallest absolute Gasteiger partial charge is 0.217 e. The topological polar surface area (TPSA) is 43.4 Å². The maximum absolute atomic E-state index is 10.7. The summed E-state index contributed by atoms with van der Waals surface area (Å²) in [4.78, 5) is 0.462. The second kappa shape index (κ2) is 3.38. The van der Waals surface area contributed by atoms with Gasteiger partial charge in [-0.25, -0.2) is 0 Å². The molecule has 2 rings (SSSR count). The highest BCUT2D eigenvalue weighted by atomic mass is 32.2. The Hall–Kier alpha value is -1.03. The van der Waals surface area contributed by atoms with Crippen LogP contribution in [-0.4, -0.2) is 19.9 Å². The number of rotatable bonds is 0. The molecule has 0 radical (unpaired) electrons. The lowest BCUT2D eigenvalue weighted by molar-refractivity contribution is 0.193. The van der Waals surface area contributed by atoms with Crippen molar-refractivity contribution in [2.75, 3.05) is 6.61 Å². The van der Waals surface area contributed by atoms with E-state index in [0.29, 0.717) is 11.3 Å². The molecule has 0 aromatic rings. The number of hydrogen-bond acceptors (Lipinski definition) is 3. The number of allylic oxidation sites excluding steroid dienone is 3. The molecule has 0 N–H and O–H groups in total. The van der Waals surface area contributed by atoms with Crippen molar-refractivity contribution in [3.63, 3.8) is 0 Å². The van der Waals surface area contributed by atoms with Crippen LogP contribution in [0.25, 0.3) is 0 Å². The standard InChI is InChI=1S/C9H10O3S/c10-13(11)8-3-4-9-7(6-8)2-1-5-12-9/h4,6H,1-3,5H2. The summed E-state index contributed by atoms with van der Waals surface area (Å²) >= 11 is 0. The molecule has 1 saturated heterocycles. The molecule has 0 saturated carbocycles. The van der Waals surface area contributed by atoms with Crippen molar-refractivity contribution in [1.82, 2.24) is 0 Å². The van der Waals surface area contributed by atoms with Gasteiger partial charge in [-0.15, -0.1) is 0 Å². The minimum absolute atomic E-state index is 0.462. The molecule has 0 amide bonds. The SMILES string of the molecule is O=S(=O)=C1C=C2CCCOC2=CC1. The normalized spacial score (nSPS) is 21.1. The van der Waals surface area contributed by atoms with Gasteiger partial charge in [-0.05, 0) is 30.6 Å². The highest BCUT2D eigenvalue weighted by Gasteiger charge is 2.17. The molecule has 0 spiro atoms. The van der Waals surface area contributed by atoms with Crippen LogP contribution >= 0.6 is 0 Å². The molecule has 3 nitrogen and oxygen atoms in total. The van der Waals surface area contributed by atoms with Gasteiger partial charge in [0.1, 0.15) is 5.76 Å². The van der Waals surface area contributed by atoms with Gasteiger partial charge in [0.25, 0.3) is 0 Å². The second-order valence-electron chi connectivity index (χ2n) is 3.10. The van der Waals surface area contributed by atoms with Gasteiger partial charge in [-0.1, -0.05) is 0 Å². The average Bonchev–Trinajstić information content (AvgIpc) is 2.17. The van der Waals surface area contributed by atoms with Crippen LogP contribution < -0.4 is 0 Å². The van der Waals surface area contributed by atoms with E-state index in [1.807, 2.05) is 6.08 Å². The monoisotopic (exact) mass is 198 g/mol. The van der Waals surface area contributed by atoms with Crippen molar-refractivity contribution >= 4 is 15.2 Å². The van der Waals surface area contributed by atoms with E-state index in [0.717, 1.165) is 30.8 Å². The van der Waals surface area contributed by atoms with E-state index >= 15 is 0 Å². The van der Waals surface area contributed by atoms with Crippen molar-refractivity contribution in [3.8, 4) is 0 Å². The minimum atomic E-state index is -2.08. The van der Waals surface area contributed by atoms with Crippen LogP contribution in [0.5, 0.6) is 0 Å². The third kappa shape index (κ3) is 1.67. The van der Waals surface area contributed by atoms with Gasteiger partial charge in [0.15, 0.2) is 0 Å². The molecule has 0 aromatic heterocycles. The summed E-state index contributed by atoms with van der Waals surface area (Å²) in [5.74, 6) is 0.875. The molecule has 1 heterocycles. The maximum Gasteiger partial charge on any atom is 0.217 e. The first-order valence-corrected chi connectivity index (χ1v) is 5.34. The second-order valence-corrected chi connectivity index (χ2v) is 4.09. The molecule has 1 fully saturated rings. The first-order chi connectivity index (χ1) is 6.27. The highest BCUT2D eigenvalue weighted by molar-refractivity contribution is 7.73. The van der Waals surface area contributed by atoms with Crippen LogP contribution in [0.3, 0.4) is 0 Å². The van der Waals surface area contributed by atoms with Gasteiger partial charge in [-0.2, -0.15) is 8.42 Å². The molecule has 0 unspecified atom stereocenters. The zero-order chi connectivity index (χ0) is 9.26. The Balaban J connectivity index is 2.38. The fourth-order valence-corrected chi connectivity index (χ4v) is 2.01. The summed E-state index contributed by atoms with van der Waals surface area (Å²) < 4.78 is 26.7. The van der Waals surface area contributed by atoms with Crippen molar-refractivity contribution in [2.24, 2.45) is 0 Å². The molecule has 0 aromatic carbocycles. The summed E-state index contributed by atoms with van der Waals surface area (Å²) in [6.07, 6.45) is 5.95. The highest BCUT2D eigenvalue weighted by Crippen LogP contribution is 2.26. The molecular formula is C9H10O3S. The Kier molecular flexibility index (Phi) is 2.22. The van der Waals surface area contributed by atoms with Gasteiger partial charge in [0.05, 0.1) is 11.5 Å². The molecule has 70 valence electrons. The van der Waals surface area contributed by atoms with Crippen LogP contribution in [0.4, 0.5) is 0 Å². The zero-order valence-electron chi connectivity index (χ0n) is 7.12. The maximum atomic E-state index is 10.7. The van der Waals surface area contributed by atoms with Crippen molar-refractivity contribution in [1.29, 1.82) is 0 Å². The van der Waals surface area contributed by atoms with Gasteiger partial charge in [0.2, 0.25) is 10.3 Å². The fourth-order valence-electron chi connectivity index (χ4n) is 1.56. The van der Waals surface area contributed by atoms with Crippen LogP contribution in [0.2, 0.25) is 0 Å². The van der Waals surface area contributed by atoms with Crippen molar-refractivity contribution < 1.29 is 13.2 Å². The molecular weight excluding hydrogens is 188 g/mol. The summed E-state index contributed by atoms with van der Waals surface area (Å²) in [5, 5.41) is 0. The quantitative estimate of drug-likeness (QED) is 0.547. The Bertz CT molecular complexity index is 404. The van der Waals surface area contributed by atoms with Gasteiger partial charge in [-0.3, -0.25) is 0 Å². The summed E-state index contributed by atoms with van der Waals surface area (Å²) in [6, 6.07) is 0. The molecule has 1 aliphatic carbocycles. The molecule has 13 heavy (non-hydrogen) atoms. The van der Waals surface area contributed by atoms with E-state index in [1.165, 1.54) is 0 Å². The number of fused-ring (bicyclic) bond motifs is 1. The summed E-state index contributed by atoms with van der Waals surface area (Å²) in [6.45, 7) is 0.749. The van der Waals surface area contributed by atoms with E-state index in [-0.39, 0.29) is 0 Å². The molecule has 4 heteroatoms. The van der Waals surface area contributed by atoms with E-state index < -0.39 is 10.3 Å². The fraction of sp³-hybridized carbons (Fsp3) is 0.444. The van der Waals surface area contributed by atoms with Gasteiger partial charge in [0, 0.05) is 6.42 Å². The molecule has 0 bridgehead atoms. The van der Waals surface area contributed by atoms with E-state index in [9.17, 15) is 8.42 Å². The third-order valence-electron chi connectivity index (χ3n) is 2.20. The number of hydrogen-bond donors (Lipinski definition) is 0. The van der Waals surface area contributed by atoms with Crippen LogP contribution in [0.15, 0.2) is 23.5 Å². The van der Waals surface area contributed by atoms with Gasteiger partial charge >= 0.3 is 0 Å². The Morgan fingerprint density at radius 3 is 3.00 bits per heavy atom. The van der Waals surface area contributed by atoms with E-state index in [1.54, 1.807) is 6.08 Å². The van der Waals surface area contributed by atoms with E-state index in [4.69, 9.17) is 4.74 Å². The van der Waals surface area contributed by atoms with Crippen LogP contribution in [0.1, 0.15) is 19.3 Å². The van der Waals surface area contributed by atoms with Crippen molar-refractivity contribution in [2.45, 2.75) is 19.3 Å². The summed E-state index contributed by atoms with van der Waals surface area (Å²) in [7, 11) is -2.08. The largest absolute Gasteiger partial charge is 0.494 e.